The van der Waals surface area contributed by atoms with E-state index in [1.807, 2.05) is 24.3 Å². The zero-order valence-electron chi connectivity index (χ0n) is 18.3. The molecule has 2 aromatic carbocycles. The van der Waals surface area contributed by atoms with Crippen molar-refractivity contribution in [1.29, 1.82) is 0 Å². The molecule has 0 saturated carbocycles. The van der Waals surface area contributed by atoms with E-state index in [0.29, 0.717) is 42.2 Å². The van der Waals surface area contributed by atoms with Crippen molar-refractivity contribution in [2.45, 2.75) is 19.9 Å². The van der Waals surface area contributed by atoms with Crippen LogP contribution in [0, 0.1) is 0 Å². The first-order valence-electron chi connectivity index (χ1n) is 10.4. The molecule has 1 aliphatic rings. The summed E-state index contributed by atoms with van der Waals surface area (Å²) in [4.78, 5) is 27.8. The van der Waals surface area contributed by atoms with E-state index in [4.69, 9.17) is 14.2 Å². The van der Waals surface area contributed by atoms with Crippen LogP contribution in [0.2, 0.25) is 0 Å². The van der Waals surface area contributed by atoms with Crippen LogP contribution in [0.25, 0.3) is 5.69 Å². The Kier molecular flexibility index (Phi) is 6.11. The van der Waals surface area contributed by atoms with E-state index < -0.39 is 5.97 Å². The Balaban J connectivity index is 1.71. The maximum Gasteiger partial charge on any atom is 0.359 e. The summed E-state index contributed by atoms with van der Waals surface area (Å²) in [6.45, 7) is 2.91. The smallest absolute Gasteiger partial charge is 0.359 e. The summed E-state index contributed by atoms with van der Waals surface area (Å²) < 4.78 is 17.2. The van der Waals surface area contributed by atoms with Gasteiger partial charge in [-0.15, -0.1) is 0 Å². The molecule has 3 aromatic rings. The second-order valence-electron chi connectivity index (χ2n) is 7.33. The van der Waals surface area contributed by atoms with Gasteiger partial charge < -0.3 is 19.1 Å². The fourth-order valence-electron chi connectivity index (χ4n) is 3.78. The normalized spacial score (nSPS) is 13.0. The average Bonchev–Trinajstić information content (AvgIpc) is 3.22. The highest BCUT2D eigenvalue weighted by molar-refractivity contribution is 6.00. The number of carbonyl (C=O) groups is 2. The van der Waals surface area contributed by atoms with Crippen LogP contribution in [-0.4, -0.2) is 53.9 Å². The van der Waals surface area contributed by atoms with E-state index in [-0.39, 0.29) is 18.2 Å². The summed E-state index contributed by atoms with van der Waals surface area (Å²) in [5.41, 5.74) is 2.85. The van der Waals surface area contributed by atoms with Crippen LogP contribution >= 0.6 is 0 Å². The lowest BCUT2D eigenvalue weighted by atomic mass is 10.0. The van der Waals surface area contributed by atoms with Crippen molar-refractivity contribution in [3.63, 3.8) is 0 Å². The third kappa shape index (κ3) is 4.03. The van der Waals surface area contributed by atoms with E-state index in [1.165, 1.54) is 4.68 Å². The number of ether oxygens (including phenoxy) is 3. The summed E-state index contributed by atoms with van der Waals surface area (Å²) in [7, 11) is 3.20. The molecule has 4 rings (SSSR count). The number of benzene rings is 2. The third-order valence-electron chi connectivity index (χ3n) is 5.42. The third-order valence-corrected chi connectivity index (χ3v) is 5.42. The van der Waals surface area contributed by atoms with Crippen LogP contribution in [0.3, 0.4) is 0 Å². The van der Waals surface area contributed by atoms with Crippen LogP contribution in [0.5, 0.6) is 11.5 Å². The van der Waals surface area contributed by atoms with Crippen molar-refractivity contribution in [2.75, 3.05) is 27.4 Å². The number of aromatic nitrogens is 2. The molecule has 0 radical (unpaired) electrons. The second kappa shape index (κ2) is 9.13. The van der Waals surface area contributed by atoms with Gasteiger partial charge in [0.2, 0.25) is 0 Å². The van der Waals surface area contributed by atoms with Crippen molar-refractivity contribution in [3.8, 4) is 17.2 Å². The molecule has 0 fully saturated rings. The van der Waals surface area contributed by atoms with Gasteiger partial charge in [0.15, 0.2) is 5.69 Å². The summed E-state index contributed by atoms with van der Waals surface area (Å²) in [5, 5.41) is 4.49. The summed E-state index contributed by atoms with van der Waals surface area (Å²) in [5.74, 6) is 0.749. The molecule has 0 atom stereocenters. The van der Waals surface area contributed by atoms with E-state index >= 15 is 0 Å². The lowest BCUT2D eigenvalue weighted by Crippen LogP contribution is -2.38. The zero-order chi connectivity index (χ0) is 22.7. The predicted molar refractivity (Wildman–Crippen MR) is 118 cm³/mol. The number of nitrogens with zero attached hydrogens (tertiary/aromatic N) is 3. The first-order chi connectivity index (χ1) is 15.5. The average molecular weight is 435 g/mol. The number of methoxy groups -OCH3 is 2. The highest BCUT2D eigenvalue weighted by atomic mass is 16.5. The number of amides is 1. The molecule has 32 heavy (non-hydrogen) atoms. The Morgan fingerprint density at radius 3 is 2.22 bits per heavy atom. The van der Waals surface area contributed by atoms with Crippen LogP contribution in [0.15, 0.2) is 48.5 Å². The Morgan fingerprint density at radius 2 is 1.62 bits per heavy atom. The van der Waals surface area contributed by atoms with Gasteiger partial charge >= 0.3 is 5.97 Å². The SMILES string of the molecule is CCOC(=O)c1nn(-c2ccc(OC)cc2)c2c1CCN(Cc1ccc(OC)cc1)C2=O. The molecular formula is C24H25N3O5. The summed E-state index contributed by atoms with van der Waals surface area (Å²) in [6.07, 6.45) is 0.515. The van der Waals surface area contributed by atoms with E-state index in [0.717, 1.165) is 11.3 Å². The molecule has 0 spiro atoms. The molecule has 2 heterocycles. The molecule has 0 N–H and O–H groups in total. The van der Waals surface area contributed by atoms with Crippen LogP contribution < -0.4 is 9.47 Å². The lowest BCUT2D eigenvalue weighted by Gasteiger charge is -2.27. The predicted octanol–water partition coefficient (Wildman–Crippen LogP) is 3.26. The molecule has 8 nitrogen and oxygen atoms in total. The number of rotatable bonds is 7. The molecule has 8 heteroatoms. The molecule has 1 amide bonds. The Hall–Kier alpha value is -3.81. The zero-order valence-corrected chi connectivity index (χ0v) is 18.3. The van der Waals surface area contributed by atoms with E-state index in [9.17, 15) is 9.59 Å². The highest BCUT2D eigenvalue weighted by Crippen LogP contribution is 2.28. The van der Waals surface area contributed by atoms with Crippen molar-refractivity contribution >= 4 is 11.9 Å². The first-order valence-corrected chi connectivity index (χ1v) is 10.4. The number of esters is 1. The number of fused-ring (bicyclic) bond motifs is 1. The maximum atomic E-state index is 13.5. The second-order valence-corrected chi connectivity index (χ2v) is 7.33. The molecule has 0 saturated heterocycles. The van der Waals surface area contributed by atoms with Gasteiger partial charge in [-0.25, -0.2) is 9.48 Å². The molecule has 0 unspecified atom stereocenters. The van der Waals surface area contributed by atoms with Crippen LogP contribution in [-0.2, 0) is 17.7 Å². The van der Waals surface area contributed by atoms with Gasteiger partial charge in [-0.3, -0.25) is 4.79 Å². The maximum absolute atomic E-state index is 13.5. The fourth-order valence-corrected chi connectivity index (χ4v) is 3.78. The van der Waals surface area contributed by atoms with E-state index in [2.05, 4.69) is 5.10 Å². The minimum atomic E-state index is -0.521. The van der Waals surface area contributed by atoms with Crippen molar-refractivity contribution in [2.24, 2.45) is 0 Å². The largest absolute Gasteiger partial charge is 0.497 e. The molecule has 0 bridgehead atoms. The van der Waals surface area contributed by atoms with Crippen molar-refractivity contribution < 1.29 is 23.8 Å². The molecule has 1 aliphatic heterocycles. The Labute approximate surface area is 186 Å². The van der Waals surface area contributed by atoms with Gasteiger partial charge in [0, 0.05) is 18.7 Å². The molecule has 0 aliphatic carbocycles. The summed E-state index contributed by atoms with van der Waals surface area (Å²) >= 11 is 0. The van der Waals surface area contributed by atoms with Crippen LogP contribution in [0.1, 0.15) is 39.0 Å². The minimum absolute atomic E-state index is 0.180. The minimum Gasteiger partial charge on any atom is -0.497 e. The first kappa shape index (κ1) is 21.4. The Bertz CT molecular complexity index is 1120. The number of hydrogen-bond donors (Lipinski definition) is 0. The van der Waals surface area contributed by atoms with Gasteiger partial charge in [0.05, 0.1) is 26.5 Å². The molecule has 1 aromatic heterocycles. The van der Waals surface area contributed by atoms with Crippen molar-refractivity contribution in [1.82, 2.24) is 14.7 Å². The van der Waals surface area contributed by atoms with Gasteiger partial charge in [-0.2, -0.15) is 5.10 Å². The quantitative estimate of drug-likeness (QED) is 0.530. The van der Waals surface area contributed by atoms with Gasteiger partial charge in [-0.05, 0) is 55.3 Å². The molecular weight excluding hydrogens is 410 g/mol. The van der Waals surface area contributed by atoms with Crippen LogP contribution in [0.4, 0.5) is 0 Å². The number of hydrogen-bond acceptors (Lipinski definition) is 6. The number of carbonyl (C=O) groups excluding carboxylic acids is 2. The Morgan fingerprint density at radius 1 is 1.00 bits per heavy atom. The standard InChI is InChI=1S/C24H25N3O5/c1-4-32-24(29)21-20-13-14-26(15-16-5-9-18(30-2)10-6-16)23(28)22(20)27(25-21)17-7-11-19(31-3)12-8-17/h5-12H,4,13-15H2,1-3H3. The topological polar surface area (TPSA) is 82.9 Å². The monoisotopic (exact) mass is 435 g/mol. The lowest BCUT2D eigenvalue weighted by molar-refractivity contribution is 0.0517. The summed E-state index contributed by atoms with van der Waals surface area (Å²) in [6, 6.07) is 14.8. The fraction of sp³-hybridized carbons (Fsp3) is 0.292. The van der Waals surface area contributed by atoms with Crippen molar-refractivity contribution in [3.05, 3.63) is 71.0 Å². The molecule has 166 valence electrons. The van der Waals surface area contributed by atoms with E-state index in [1.54, 1.807) is 50.3 Å². The highest BCUT2D eigenvalue weighted by Gasteiger charge is 2.34. The van der Waals surface area contributed by atoms with Gasteiger partial charge in [-0.1, -0.05) is 12.1 Å². The van der Waals surface area contributed by atoms with Gasteiger partial charge in [0.25, 0.3) is 5.91 Å². The van der Waals surface area contributed by atoms with Gasteiger partial charge in [0.1, 0.15) is 17.2 Å².